The second kappa shape index (κ2) is 9.55. The molecule has 1 aliphatic carbocycles. The summed E-state index contributed by atoms with van der Waals surface area (Å²) in [5.41, 5.74) is 2.11. The maximum atomic E-state index is 9.95. The van der Waals surface area contributed by atoms with Crippen molar-refractivity contribution < 1.29 is 24.1 Å². The SMILES string of the molecule is COc1ccc(CO[C@H]2C=C[C@H](O)C[C@@H]2OCc2ccc(OC)cc2)cc1. The molecular formula is C22H26O5. The average Bonchev–Trinajstić information content (AvgIpc) is 2.72. The van der Waals surface area contributed by atoms with Crippen LogP contribution in [0.1, 0.15) is 17.5 Å². The van der Waals surface area contributed by atoms with Gasteiger partial charge in [0.15, 0.2) is 0 Å². The number of ether oxygens (including phenoxy) is 4. The molecule has 2 aromatic carbocycles. The molecule has 1 aliphatic rings. The zero-order valence-electron chi connectivity index (χ0n) is 15.7. The van der Waals surface area contributed by atoms with Gasteiger partial charge in [0.2, 0.25) is 0 Å². The van der Waals surface area contributed by atoms with Crippen LogP contribution in [-0.2, 0) is 22.7 Å². The van der Waals surface area contributed by atoms with Crippen molar-refractivity contribution in [2.24, 2.45) is 0 Å². The Labute approximate surface area is 160 Å². The van der Waals surface area contributed by atoms with Gasteiger partial charge in [0.1, 0.15) is 17.6 Å². The van der Waals surface area contributed by atoms with Crippen LogP contribution < -0.4 is 9.47 Å². The minimum Gasteiger partial charge on any atom is -0.497 e. The van der Waals surface area contributed by atoms with Crippen LogP contribution >= 0.6 is 0 Å². The molecule has 3 atom stereocenters. The molecule has 0 heterocycles. The fraction of sp³-hybridized carbons (Fsp3) is 0.364. The van der Waals surface area contributed by atoms with Crippen molar-refractivity contribution in [1.29, 1.82) is 0 Å². The summed E-state index contributed by atoms with van der Waals surface area (Å²) in [7, 11) is 3.29. The van der Waals surface area contributed by atoms with E-state index in [-0.39, 0.29) is 12.2 Å². The molecule has 0 aliphatic heterocycles. The zero-order chi connectivity index (χ0) is 19.1. The first-order valence-corrected chi connectivity index (χ1v) is 9.03. The van der Waals surface area contributed by atoms with Gasteiger partial charge >= 0.3 is 0 Å². The van der Waals surface area contributed by atoms with Gasteiger partial charge in [-0.05, 0) is 35.4 Å². The first-order valence-electron chi connectivity index (χ1n) is 9.03. The summed E-state index contributed by atoms with van der Waals surface area (Å²) in [6, 6.07) is 15.6. The van der Waals surface area contributed by atoms with E-state index in [4.69, 9.17) is 18.9 Å². The summed E-state index contributed by atoms with van der Waals surface area (Å²) in [6.07, 6.45) is 3.26. The van der Waals surface area contributed by atoms with Gasteiger partial charge in [0.25, 0.3) is 0 Å². The predicted octanol–water partition coefficient (Wildman–Crippen LogP) is 3.50. The molecular weight excluding hydrogens is 344 g/mol. The van der Waals surface area contributed by atoms with Gasteiger partial charge < -0.3 is 24.1 Å². The molecule has 0 saturated carbocycles. The van der Waals surface area contributed by atoms with Crippen LogP contribution in [0.4, 0.5) is 0 Å². The lowest BCUT2D eigenvalue weighted by Gasteiger charge is -2.30. The van der Waals surface area contributed by atoms with Crippen LogP contribution in [0.2, 0.25) is 0 Å². The summed E-state index contributed by atoms with van der Waals surface area (Å²) in [5, 5.41) is 9.95. The molecule has 0 amide bonds. The largest absolute Gasteiger partial charge is 0.497 e. The summed E-state index contributed by atoms with van der Waals surface area (Å²) >= 11 is 0. The lowest BCUT2D eigenvalue weighted by Crippen LogP contribution is -2.36. The molecule has 27 heavy (non-hydrogen) atoms. The van der Waals surface area contributed by atoms with Crippen molar-refractivity contribution in [1.82, 2.24) is 0 Å². The number of benzene rings is 2. The molecule has 0 spiro atoms. The molecule has 0 unspecified atom stereocenters. The molecule has 5 heteroatoms. The smallest absolute Gasteiger partial charge is 0.118 e. The molecule has 1 N–H and O–H groups in total. The lowest BCUT2D eigenvalue weighted by atomic mass is 9.99. The topological polar surface area (TPSA) is 57.2 Å². The van der Waals surface area contributed by atoms with Crippen molar-refractivity contribution in [2.75, 3.05) is 14.2 Å². The fourth-order valence-corrected chi connectivity index (χ4v) is 2.98. The molecule has 0 radical (unpaired) electrons. The van der Waals surface area contributed by atoms with E-state index in [1.54, 1.807) is 20.3 Å². The Kier molecular flexibility index (Phi) is 6.87. The van der Waals surface area contributed by atoms with Gasteiger partial charge in [-0.1, -0.05) is 36.4 Å². The number of aliphatic hydroxyl groups is 1. The number of rotatable bonds is 8. The third-order valence-electron chi connectivity index (χ3n) is 4.59. The predicted molar refractivity (Wildman–Crippen MR) is 103 cm³/mol. The van der Waals surface area contributed by atoms with Crippen LogP contribution in [-0.4, -0.2) is 37.6 Å². The van der Waals surface area contributed by atoms with E-state index in [1.165, 1.54) is 0 Å². The maximum absolute atomic E-state index is 9.95. The van der Waals surface area contributed by atoms with Gasteiger partial charge in [-0.2, -0.15) is 0 Å². The molecule has 5 nitrogen and oxygen atoms in total. The van der Waals surface area contributed by atoms with Crippen molar-refractivity contribution in [2.45, 2.75) is 37.9 Å². The van der Waals surface area contributed by atoms with E-state index >= 15 is 0 Å². The highest BCUT2D eigenvalue weighted by molar-refractivity contribution is 5.27. The van der Waals surface area contributed by atoms with E-state index < -0.39 is 6.10 Å². The van der Waals surface area contributed by atoms with E-state index in [9.17, 15) is 5.11 Å². The standard InChI is InChI=1S/C22H26O5/c1-24-19-8-3-16(4-9-19)14-26-21-12-7-18(23)13-22(21)27-15-17-5-10-20(25-2)11-6-17/h3-12,18,21-23H,13-15H2,1-2H3/t18-,21-,22-/m0/s1. The van der Waals surface area contributed by atoms with Crippen molar-refractivity contribution in [3.05, 3.63) is 71.8 Å². The van der Waals surface area contributed by atoms with Gasteiger partial charge in [-0.25, -0.2) is 0 Å². The van der Waals surface area contributed by atoms with Gasteiger partial charge in [-0.15, -0.1) is 0 Å². The van der Waals surface area contributed by atoms with E-state index in [0.29, 0.717) is 19.6 Å². The van der Waals surface area contributed by atoms with Crippen LogP contribution in [0, 0.1) is 0 Å². The van der Waals surface area contributed by atoms with Crippen molar-refractivity contribution >= 4 is 0 Å². The van der Waals surface area contributed by atoms with Crippen LogP contribution in [0.3, 0.4) is 0 Å². The molecule has 0 saturated heterocycles. The third kappa shape index (κ3) is 5.57. The zero-order valence-corrected chi connectivity index (χ0v) is 15.7. The van der Waals surface area contributed by atoms with Crippen LogP contribution in [0.5, 0.6) is 11.5 Å². The molecule has 0 fully saturated rings. The first-order chi connectivity index (χ1) is 13.2. The maximum Gasteiger partial charge on any atom is 0.118 e. The Morgan fingerprint density at radius 3 is 1.81 bits per heavy atom. The van der Waals surface area contributed by atoms with E-state index in [2.05, 4.69) is 0 Å². The number of methoxy groups -OCH3 is 2. The second-order valence-electron chi connectivity index (χ2n) is 6.51. The minimum absolute atomic E-state index is 0.200. The molecule has 3 rings (SSSR count). The number of hydrogen-bond donors (Lipinski definition) is 1. The molecule has 144 valence electrons. The summed E-state index contributed by atoms with van der Waals surface area (Å²) in [5.74, 6) is 1.63. The van der Waals surface area contributed by atoms with Crippen LogP contribution in [0.25, 0.3) is 0 Å². The highest BCUT2D eigenvalue weighted by Gasteiger charge is 2.27. The van der Waals surface area contributed by atoms with Gasteiger partial charge in [-0.3, -0.25) is 0 Å². The Morgan fingerprint density at radius 1 is 0.778 bits per heavy atom. The quantitative estimate of drug-likeness (QED) is 0.721. The van der Waals surface area contributed by atoms with E-state index in [1.807, 2.05) is 54.6 Å². The Hall–Kier alpha value is -2.34. The normalized spacial score (nSPS) is 21.8. The minimum atomic E-state index is -0.508. The fourth-order valence-electron chi connectivity index (χ4n) is 2.98. The average molecular weight is 370 g/mol. The lowest BCUT2D eigenvalue weighted by molar-refractivity contribution is -0.0836. The second-order valence-corrected chi connectivity index (χ2v) is 6.51. The van der Waals surface area contributed by atoms with Crippen molar-refractivity contribution in [3.8, 4) is 11.5 Å². The summed E-state index contributed by atoms with van der Waals surface area (Å²) < 4.78 is 22.4. The van der Waals surface area contributed by atoms with E-state index in [0.717, 1.165) is 22.6 Å². The number of aliphatic hydroxyl groups excluding tert-OH is 1. The van der Waals surface area contributed by atoms with Crippen molar-refractivity contribution in [3.63, 3.8) is 0 Å². The molecule has 0 aromatic heterocycles. The first kappa shape index (κ1) is 19.4. The Bertz CT molecular complexity index is 723. The highest BCUT2D eigenvalue weighted by atomic mass is 16.5. The number of hydrogen-bond acceptors (Lipinski definition) is 5. The Morgan fingerprint density at radius 2 is 1.30 bits per heavy atom. The summed E-state index contributed by atoms with van der Waals surface area (Å²) in [4.78, 5) is 0. The molecule has 0 bridgehead atoms. The third-order valence-corrected chi connectivity index (χ3v) is 4.59. The van der Waals surface area contributed by atoms with Gasteiger partial charge in [0.05, 0.1) is 39.6 Å². The highest BCUT2D eigenvalue weighted by Crippen LogP contribution is 2.22. The molecule has 2 aromatic rings. The van der Waals surface area contributed by atoms with Gasteiger partial charge in [0, 0.05) is 6.42 Å². The summed E-state index contributed by atoms with van der Waals surface area (Å²) in [6.45, 7) is 0.926. The Balaban J connectivity index is 1.56. The van der Waals surface area contributed by atoms with Crippen LogP contribution in [0.15, 0.2) is 60.7 Å². The monoisotopic (exact) mass is 370 g/mol.